The molecule has 2 aromatic carbocycles. The summed E-state index contributed by atoms with van der Waals surface area (Å²) < 4.78 is 21.7. The van der Waals surface area contributed by atoms with Crippen molar-refractivity contribution < 1.29 is 23.2 Å². The van der Waals surface area contributed by atoms with Crippen molar-refractivity contribution in [3.8, 4) is 11.5 Å². The molecule has 0 radical (unpaired) electrons. The quantitative estimate of drug-likeness (QED) is 0.473. The molecular formula is C21H19N3O5. The molecule has 1 amide bonds. The molecule has 2 heterocycles. The van der Waals surface area contributed by atoms with Gasteiger partial charge in [0.25, 0.3) is 5.91 Å². The molecular weight excluding hydrogens is 374 g/mol. The van der Waals surface area contributed by atoms with E-state index < -0.39 is 0 Å². The van der Waals surface area contributed by atoms with E-state index in [9.17, 15) is 4.79 Å². The second kappa shape index (κ2) is 8.05. The van der Waals surface area contributed by atoms with Gasteiger partial charge in [-0.05, 0) is 24.3 Å². The average Bonchev–Trinajstić information content (AvgIpc) is 3.38. The van der Waals surface area contributed by atoms with Crippen molar-refractivity contribution in [3.63, 3.8) is 0 Å². The first-order valence-corrected chi connectivity index (χ1v) is 8.95. The number of carbonyl (C=O) groups excluding carboxylic acids is 1. The molecule has 2 aromatic heterocycles. The molecule has 0 aliphatic heterocycles. The number of para-hydroxylation sites is 2. The number of nitrogens with zero attached hydrogens (tertiary/aromatic N) is 3. The Hall–Kier alpha value is -3.81. The van der Waals surface area contributed by atoms with E-state index >= 15 is 0 Å². The Morgan fingerprint density at radius 2 is 1.93 bits per heavy atom. The fourth-order valence-corrected chi connectivity index (χ4v) is 2.79. The molecule has 0 aliphatic carbocycles. The third kappa shape index (κ3) is 4.21. The summed E-state index contributed by atoms with van der Waals surface area (Å²) in [6.45, 7) is 0.359. The van der Waals surface area contributed by atoms with E-state index in [1.54, 1.807) is 32.4 Å². The van der Waals surface area contributed by atoms with E-state index in [2.05, 4.69) is 10.1 Å². The van der Waals surface area contributed by atoms with Crippen LogP contribution in [0.5, 0.6) is 11.5 Å². The summed E-state index contributed by atoms with van der Waals surface area (Å²) in [4.78, 5) is 18.5. The summed E-state index contributed by atoms with van der Waals surface area (Å²) in [5.41, 5.74) is 1.62. The van der Waals surface area contributed by atoms with Crippen LogP contribution in [0.3, 0.4) is 0 Å². The van der Waals surface area contributed by atoms with Gasteiger partial charge in [0.2, 0.25) is 5.89 Å². The minimum Gasteiger partial charge on any atom is -0.497 e. The van der Waals surface area contributed by atoms with Crippen LogP contribution in [0.25, 0.3) is 11.1 Å². The zero-order valence-corrected chi connectivity index (χ0v) is 16.0. The van der Waals surface area contributed by atoms with E-state index in [1.807, 2.05) is 36.4 Å². The fourth-order valence-electron chi connectivity index (χ4n) is 2.79. The number of oxazole rings is 1. The molecule has 0 N–H and O–H groups in total. The predicted molar refractivity (Wildman–Crippen MR) is 104 cm³/mol. The van der Waals surface area contributed by atoms with Gasteiger partial charge in [-0.25, -0.2) is 4.98 Å². The smallest absolute Gasteiger partial charge is 0.276 e. The number of fused-ring (bicyclic) bond motifs is 1. The lowest BCUT2D eigenvalue weighted by Gasteiger charge is -2.12. The highest BCUT2D eigenvalue weighted by atomic mass is 16.5. The van der Waals surface area contributed by atoms with Crippen LogP contribution in [0.1, 0.15) is 22.1 Å². The molecule has 4 aromatic rings. The minimum absolute atomic E-state index is 0.141. The van der Waals surface area contributed by atoms with Gasteiger partial charge in [-0.2, -0.15) is 0 Å². The van der Waals surface area contributed by atoms with Crippen LogP contribution in [0.4, 0.5) is 0 Å². The first-order chi connectivity index (χ1) is 14.1. The highest BCUT2D eigenvalue weighted by Crippen LogP contribution is 2.20. The van der Waals surface area contributed by atoms with Crippen molar-refractivity contribution >= 4 is 17.0 Å². The largest absolute Gasteiger partial charge is 0.497 e. The molecule has 0 saturated heterocycles. The Bertz CT molecular complexity index is 1100. The van der Waals surface area contributed by atoms with Gasteiger partial charge < -0.3 is 23.3 Å². The standard InChI is InChI=1S/C21H19N3O5/c1-24(12-20-22-17-8-3-4-9-19(17)28-20)21(25)18-11-16(29-23-18)13-27-15-7-5-6-14(10-15)26-2/h3-11H,12-13H2,1-2H3. The molecule has 0 bridgehead atoms. The zero-order valence-electron chi connectivity index (χ0n) is 16.0. The maximum Gasteiger partial charge on any atom is 0.276 e. The van der Waals surface area contributed by atoms with E-state index in [1.165, 1.54) is 4.90 Å². The number of methoxy groups -OCH3 is 1. The Morgan fingerprint density at radius 3 is 2.76 bits per heavy atom. The first kappa shape index (κ1) is 18.5. The van der Waals surface area contributed by atoms with Gasteiger partial charge >= 0.3 is 0 Å². The third-order valence-electron chi connectivity index (χ3n) is 4.26. The molecule has 4 rings (SSSR count). The molecule has 0 spiro atoms. The monoisotopic (exact) mass is 393 g/mol. The van der Waals surface area contributed by atoms with Crippen LogP contribution in [-0.4, -0.2) is 35.1 Å². The van der Waals surface area contributed by atoms with Gasteiger partial charge in [0.05, 0.1) is 13.7 Å². The average molecular weight is 393 g/mol. The number of benzene rings is 2. The normalized spacial score (nSPS) is 10.8. The number of amides is 1. The molecule has 0 fully saturated rings. The van der Waals surface area contributed by atoms with Gasteiger partial charge in [0, 0.05) is 19.2 Å². The molecule has 0 atom stereocenters. The maximum absolute atomic E-state index is 12.6. The fraction of sp³-hybridized carbons (Fsp3) is 0.190. The number of aromatic nitrogens is 2. The number of rotatable bonds is 7. The number of carbonyl (C=O) groups is 1. The molecule has 29 heavy (non-hydrogen) atoms. The molecule has 0 aliphatic rings. The van der Waals surface area contributed by atoms with Crippen LogP contribution >= 0.6 is 0 Å². The Kier molecular flexibility index (Phi) is 5.15. The first-order valence-electron chi connectivity index (χ1n) is 8.95. The highest BCUT2D eigenvalue weighted by molar-refractivity contribution is 5.92. The van der Waals surface area contributed by atoms with Crippen LogP contribution in [-0.2, 0) is 13.2 Å². The van der Waals surface area contributed by atoms with Gasteiger partial charge in [-0.1, -0.05) is 23.4 Å². The van der Waals surface area contributed by atoms with E-state index in [4.69, 9.17) is 18.4 Å². The van der Waals surface area contributed by atoms with Crippen molar-refractivity contribution in [2.45, 2.75) is 13.2 Å². The van der Waals surface area contributed by atoms with Crippen molar-refractivity contribution in [3.05, 3.63) is 71.9 Å². The van der Waals surface area contributed by atoms with Crippen LogP contribution in [0.15, 0.2) is 63.5 Å². The van der Waals surface area contributed by atoms with Gasteiger partial charge in [-0.3, -0.25) is 4.79 Å². The van der Waals surface area contributed by atoms with E-state index in [0.717, 1.165) is 5.52 Å². The lowest BCUT2D eigenvalue weighted by molar-refractivity contribution is 0.0763. The van der Waals surface area contributed by atoms with Crippen molar-refractivity contribution in [2.24, 2.45) is 0 Å². The highest BCUT2D eigenvalue weighted by Gasteiger charge is 2.19. The van der Waals surface area contributed by atoms with Crippen molar-refractivity contribution in [1.82, 2.24) is 15.0 Å². The SMILES string of the molecule is COc1cccc(OCc2cc(C(=O)N(C)Cc3nc4ccccc4o3)no2)c1. The van der Waals surface area contributed by atoms with Gasteiger partial charge in [-0.15, -0.1) is 0 Å². The summed E-state index contributed by atoms with van der Waals surface area (Å²) in [5.74, 6) is 1.90. The lowest BCUT2D eigenvalue weighted by atomic mass is 10.3. The Labute approximate surface area is 166 Å². The van der Waals surface area contributed by atoms with Crippen molar-refractivity contribution in [1.29, 1.82) is 0 Å². The second-order valence-electron chi connectivity index (χ2n) is 6.38. The van der Waals surface area contributed by atoms with E-state index in [0.29, 0.717) is 28.7 Å². The lowest BCUT2D eigenvalue weighted by Crippen LogP contribution is -2.26. The summed E-state index contributed by atoms with van der Waals surface area (Å²) >= 11 is 0. The predicted octanol–water partition coefficient (Wildman–Crippen LogP) is 3.68. The molecule has 8 nitrogen and oxygen atoms in total. The van der Waals surface area contributed by atoms with Gasteiger partial charge in [0.15, 0.2) is 17.0 Å². The molecule has 8 heteroatoms. The second-order valence-corrected chi connectivity index (χ2v) is 6.38. The third-order valence-corrected chi connectivity index (χ3v) is 4.26. The topological polar surface area (TPSA) is 90.8 Å². The Balaban J connectivity index is 1.38. The molecule has 148 valence electrons. The summed E-state index contributed by atoms with van der Waals surface area (Å²) in [6, 6.07) is 16.2. The van der Waals surface area contributed by atoms with E-state index in [-0.39, 0.29) is 24.8 Å². The number of hydrogen-bond donors (Lipinski definition) is 0. The van der Waals surface area contributed by atoms with Crippen LogP contribution in [0.2, 0.25) is 0 Å². The van der Waals surface area contributed by atoms with Crippen molar-refractivity contribution in [2.75, 3.05) is 14.2 Å². The van der Waals surface area contributed by atoms with Crippen LogP contribution in [0, 0.1) is 0 Å². The maximum atomic E-state index is 12.6. The Morgan fingerprint density at radius 1 is 1.10 bits per heavy atom. The van der Waals surface area contributed by atoms with Gasteiger partial charge in [0.1, 0.15) is 23.6 Å². The number of hydrogen-bond acceptors (Lipinski definition) is 7. The summed E-state index contributed by atoms with van der Waals surface area (Å²) in [7, 11) is 3.24. The number of ether oxygens (including phenoxy) is 2. The van der Waals surface area contributed by atoms with Crippen LogP contribution < -0.4 is 9.47 Å². The summed E-state index contributed by atoms with van der Waals surface area (Å²) in [5, 5.41) is 3.85. The molecule has 0 saturated carbocycles. The molecule has 0 unspecified atom stereocenters. The summed E-state index contributed by atoms with van der Waals surface area (Å²) in [6.07, 6.45) is 0. The zero-order chi connectivity index (χ0) is 20.2. The minimum atomic E-state index is -0.302.